The highest BCUT2D eigenvalue weighted by Gasteiger charge is 2.24. The number of amides is 1. The van der Waals surface area contributed by atoms with Crippen molar-refractivity contribution in [2.45, 2.75) is 19.8 Å². The van der Waals surface area contributed by atoms with Crippen molar-refractivity contribution in [3.8, 4) is 0 Å². The number of likely N-dealkylation sites (tertiary alicyclic amines) is 1. The Bertz CT molecular complexity index is 389. The van der Waals surface area contributed by atoms with Crippen LogP contribution in [0.3, 0.4) is 0 Å². The van der Waals surface area contributed by atoms with Crippen molar-refractivity contribution >= 4 is 18.3 Å². The summed E-state index contributed by atoms with van der Waals surface area (Å²) in [6.45, 7) is 4.71. The number of hydrogen-bond donors (Lipinski definition) is 2. The predicted octanol–water partition coefficient (Wildman–Crippen LogP) is 1.82. The van der Waals surface area contributed by atoms with Crippen molar-refractivity contribution in [3.63, 3.8) is 0 Å². The summed E-state index contributed by atoms with van der Waals surface area (Å²) in [5.41, 5.74) is 1.78. The molecule has 0 saturated carbocycles. The van der Waals surface area contributed by atoms with Crippen molar-refractivity contribution in [2.75, 3.05) is 26.7 Å². The third-order valence-electron chi connectivity index (χ3n) is 3.48. The van der Waals surface area contributed by atoms with Gasteiger partial charge in [0.1, 0.15) is 0 Å². The zero-order valence-corrected chi connectivity index (χ0v) is 11.8. The average Bonchev–Trinajstić information content (AvgIpc) is 2.75. The van der Waals surface area contributed by atoms with Gasteiger partial charge in [-0.3, -0.25) is 4.79 Å². The molecule has 2 N–H and O–H groups in total. The van der Waals surface area contributed by atoms with Gasteiger partial charge >= 0.3 is 0 Å². The molecular weight excluding hydrogens is 250 g/mol. The van der Waals surface area contributed by atoms with Gasteiger partial charge in [0.25, 0.3) is 5.91 Å². The first kappa shape index (κ1) is 15.1. The van der Waals surface area contributed by atoms with Gasteiger partial charge in [0.2, 0.25) is 0 Å². The van der Waals surface area contributed by atoms with Gasteiger partial charge in [-0.25, -0.2) is 0 Å². The molecule has 5 heteroatoms. The maximum atomic E-state index is 12.3. The van der Waals surface area contributed by atoms with E-state index in [0.717, 1.165) is 37.3 Å². The van der Waals surface area contributed by atoms with E-state index < -0.39 is 0 Å². The van der Waals surface area contributed by atoms with Crippen LogP contribution in [0, 0.1) is 12.8 Å². The lowest BCUT2D eigenvalue weighted by Gasteiger charge is -2.32. The summed E-state index contributed by atoms with van der Waals surface area (Å²) in [6.07, 6.45) is 4.16. The van der Waals surface area contributed by atoms with E-state index in [1.807, 2.05) is 31.1 Å². The average molecular weight is 272 g/mol. The van der Waals surface area contributed by atoms with Crippen molar-refractivity contribution in [1.29, 1.82) is 0 Å². The van der Waals surface area contributed by atoms with Gasteiger partial charge in [0.15, 0.2) is 0 Å². The Morgan fingerprint density at radius 2 is 2.39 bits per heavy atom. The van der Waals surface area contributed by atoms with Gasteiger partial charge < -0.3 is 15.2 Å². The Hall–Kier alpha value is -1.00. The third-order valence-corrected chi connectivity index (χ3v) is 3.48. The fraction of sp³-hybridized carbons (Fsp3) is 0.615. The highest BCUT2D eigenvalue weighted by atomic mass is 35.5. The van der Waals surface area contributed by atoms with Crippen molar-refractivity contribution in [2.24, 2.45) is 5.92 Å². The quantitative estimate of drug-likeness (QED) is 0.881. The summed E-state index contributed by atoms with van der Waals surface area (Å²) < 4.78 is 0. The molecule has 0 aliphatic carbocycles. The summed E-state index contributed by atoms with van der Waals surface area (Å²) in [7, 11) is 1.97. The molecule has 0 radical (unpaired) electrons. The van der Waals surface area contributed by atoms with Gasteiger partial charge in [-0.05, 0) is 45.3 Å². The number of aryl methyl sites for hydroxylation is 1. The molecule has 1 saturated heterocycles. The molecule has 1 aliphatic rings. The number of nitrogens with zero attached hydrogens (tertiary/aromatic N) is 1. The molecule has 1 fully saturated rings. The molecular formula is C13H22ClN3O. The molecule has 1 aromatic heterocycles. The van der Waals surface area contributed by atoms with Crippen LogP contribution >= 0.6 is 12.4 Å². The molecule has 2 rings (SSSR count). The molecule has 1 unspecified atom stereocenters. The Morgan fingerprint density at radius 1 is 1.61 bits per heavy atom. The minimum absolute atomic E-state index is 0. The summed E-state index contributed by atoms with van der Waals surface area (Å²) in [4.78, 5) is 17.4. The van der Waals surface area contributed by atoms with E-state index in [0.29, 0.717) is 5.92 Å². The summed E-state index contributed by atoms with van der Waals surface area (Å²) in [5.74, 6) is 0.765. The molecule has 0 bridgehead atoms. The third kappa shape index (κ3) is 3.27. The van der Waals surface area contributed by atoms with Gasteiger partial charge in [0, 0.05) is 25.0 Å². The molecule has 18 heavy (non-hydrogen) atoms. The van der Waals surface area contributed by atoms with Gasteiger partial charge in [-0.2, -0.15) is 0 Å². The number of piperidine rings is 1. The van der Waals surface area contributed by atoms with E-state index in [9.17, 15) is 4.79 Å². The lowest BCUT2D eigenvalue weighted by atomic mass is 9.97. The number of carbonyl (C=O) groups excluding carboxylic acids is 1. The minimum Gasteiger partial charge on any atom is -0.365 e. The van der Waals surface area contributed by atoms with E-state index in [2.05, 4.69) is 10.3 Å². The monoisotopic (exact) mass is 271 g/mol. The second kappa shape index (κ2) is 6.81. The number of nitrogens with one attached hydrogen (secondary N) is 2. The molecule has 102 valence electrons. The smallest absolute Gasteiger partial charge is 0.255 e. The van der Waals surface area contributed by atoms with Crippen LogP contribution in [0.5, 0.6) is 0 Å². The first-order valence-corrected chi connectivity index (χ1v) is 6.30. The number of carbonyl (C=O) groups is 1. The predicted molar refractivity (Wildman–Crippen MR) is 75.3 cm³/mol. The fourth-order valence-corrected chi connectivity index (χ4v) is 2.56. The SMILES string of the molecule is CNCC1CCCN(C(=O)c2cc[nH]c2C)C1.Cl. The summed E-state index contributed by atoms with van der Waals surface area (Å²) in [5, 5.41) is 3.20. The lowest BCUT2D eigenvalue weighted by molar-refractivity contribution is 0.0673. The topological polar surface area (TPSA) is 48.1 Å². The normalized spacial score (nSPS) is 19.4. The van der Waals surface area contributed by atoms with Crippen LogP contribution in [-0.2, 0) is 0 Å². The van der Waals surface area contributed by atoms with Crippen LogP contribution in [0.15, 0.2) is 12.3 Å². The fourth-order valence-electron chi connectivity index (χ4n) is 2.56. The maximum absolute atomic E-state index is 12.3. The summed E-state index contributed by atoms with van der Waals surface area (Å²) >= 11 is 0. The molecule has 1 aromatic rings. The first-order chi connectivity index (χ1) is 8.22. The Labute approximate surface area is 115 Å². The van der Waals surface area contributed by atoms with Gasteiger partial charge in [0.05, 0.1) is 5.56 Å². The lowest BCUT2D eigenvalue weighted by Crippen LogP contribution is -2.42. The van der Waals surface area contributed by atoms with Gasteiger partial charge in [-0.1, -0.05) is 0 Å². The molecule has 2 heterocycles. The van der Waals surface area contributed by atoms with Crippen LogP contribution in [0.25, 0.3) is 0 Å². The van der Waals surface area contributed by atoms with Crippen LogP contribution in [0.2, 0.25) is 0 Å². The van der Waals surface area contributed by atoms with E-state index in [1.54, 1.807) is 0 Å². The highest BCUT2D eigenvalue weighted by Crippen LogP contribution is 2.19. The van der Waals surface area contributed by atoms with Crippen LogP contribution in [0.1, 0.15) is 28.9 Å². The second-order valence-corrected chi connectivity index (χ2v) is 4.83. The zero-order chi connectivity index (χ0) is 12.3. The van der Waals surface area contributed by atoms with E-state index in [4.69, 9.17) is 0 Å². The Balaban J connectivity index is 0.00000162. The van der Waals surface area contributed by atoms with Crippen molar-refractivity contribution in [1.82, 2.24) is 15.2 Å². The van der Waals surface area contributed by atoms with E-state index in [1.165, 1.54) is 6.42 Å². The molecule has 1 amide bonds. The van der Waals surface area contributed by atoms with Gasteiger partial charge in [-0.15, -0.1) is 12.4 Å². The number of hydrogen-bond acceptors (Lipinski definition) is 2. The van der Waals surface area contributed by atoms with E-state index >= 15 is 0 Å². The highest BCUT2D eigenvalue weighted by molar-refractivity contribution is 5.95. The molecule has 1 aliphatic heterocycles. The standard InChI is InChI=1S/C13H21N3O.ClH/c1-10-12(5-6-15-10)13(17)16-7-3-4-11(9-16)8-14-2;/h5-6,11,14-15H,3-4,7-9H2,1-2H3;1H. The molecule has 0 spiro atoms. The Kier molecular flexibility index (Phi) is 5.69. The molecule has 1 atom stereocenters. The first-order valence-electron chi connectivity index (χ1n) is 6.30. The van der Waals surface area contributed by atoms with Crippen molar-refractivity contribution in [3.05, 3.63) is 23.5 Å². The van der Waals surface area contributed by atoms with Crippen LogP contribution in [-0.4, -0.2) is 42.5 Å². The minimum atomic E-state index is 0. The van der Waals surface area contributed by atoms with E-state index in [-0.39, 0.29) is 18.3 Å². The number of aromatic nitrogens is 1. The number of H-pyrrole nitrogens is 1. The maximum Gasteiger partial charge on any atom is 0.255 e. The van der Waals surface area contributed by atoms with Crippen LogP contribution < -0.4 is 5.32 Å². The largest absolute Gasteiger partial charge is 0.365 e. The Morgan fingerprint density at radius 3 is 3.00 bits per heavy atom. The second-order valence-electron chi connectivity index (χ2n) is 4.83. The molecule has 4 nitrogen and oxygen atoms in total. The van der Waals surface area contributed by atoms with Crippen molar-refractivity contribution < 1.29 is 4.79 Å². The number of halogens is 1. The molecule has 0 aromatic carbocycles. The summed E-state index contributed by atoms with van der Waals surface area (Å²) in [6, 6.07) is 1.87. The number of rotatable bonds is 3. The zero-order valence-electron chi connectivity index (χ0n) is 11.0. The van der Waals surface area contributed by atoms with Crippen LogP contribution in [0.4, 0.5) is 0 Å². The number of aromatic amines is 1.